The molecule has 3 aromatic carbocycles. The van der Waals surface area contributed by atoms with Crippen LogP contribution < -0.4 is 0 Å². The molecular formula is C26H27F3. The Morgan fingerprint density at radius 1 is 0.759 bits per heavy atom. The Kier molecular flexibility index (Phi) is 5.67. The molecule has 0 bridgehead atoms. The quantitative estimate of drug-likeness (QED) is 0.414. The summed E-state index contributed by atoms with van der Waals surface area (Å²) in [6, 6.07) is 18.3. The van der Waals surface area contributed by atoms with E-state index in [-0.39, 0.29) is 0 Å². The van der Waals surface area contributed by atoms with Crippen molar-refractivity contribution in [1.29, 1.82) is 0 Å². The Morgan fingerprint density at radius 2 is 1.38 bits per heavy atom. The molecule has 0 amide bonds. The summed E-state index contributed by atoms with van der Waals surface area (Å²) < 4.78 is 38.3. The lowest BCUT2D eigenvalue weighted by molar-refractivity contribution is -0.137. The average molecular weight is 396 g/mol. The maximum absolute atomic E-state index is 12.8. The summed E-state index contributed by atoms with van der Waals surface area (Å²) in [4.78, 5) is 0. The SMILES string of the molecule is CCCC1CCC(c2ccc3cc(-c4ccc(C(F)(F)F)cc4)ccc3c2)CC1. The van der Waals surface area contributed by atoms with Gasteiger partial charge in [-0.25, -0.2) is 0 Å². The largest absolute Gasteiger partial charge is 0.416 e. The minimum atomic E-state index is -4.30. The van der Waals surface area contributed by atoms with Crippen molar-refractivity contribution in [2.45, 2.75) is 57.5 Å². The van der Waals surface area contributed by atoms with Gasteiger partial charge < -0.3 is 0 Å². The van der Waals surface area contributed by atoms with E-state index in [4.69, 9.17) is 0 Å². The molecule has 0 aromatic heterocycles. The molecule has 4 rings (SSSR count). The lowest BCUT2D eigenvalue weighted by Crippen LogP contribution is -2.13. The predicted molar refractivity (Wildman–Crippen MR) is 114 cm³/mol. The Hall–Kier alpha value is -2.29. The highest BCUT2D eigenvalue weighted by atomic mass is 19.4. The topological polar surface area (TPSA) is 0 Å². The summed E-state index contributed by atoms with van der Waals surface area (Å²) in [7, 11) is 0. The van der Waals surface area contributed by atoms with Crippen molar-refractivity contribution < 1.29 is 13.2 Å². The molecule has 3 heteroatoms. The predicted octanol–water partition coefficient (Wildman–Crippen LogP) is 8.60. The fraction of sp³-hybridized carbons (Fsp3) is 0.385. The Balaban J connectivity index is 1.53. The zero-order valence-electron chi connectivity index (χ0n) is 16.8. The molecule has 0 aliphatic heterocycles. The highest BCUT2D eigenvalue weighted by molar-refractivity contribution is 5.88. The molecule has 29 heavy (non-hydrogen) atoms. The van der Waals surface area contributed by atoms with Gasteiger partial charge in [-0.1, -0.05) is 62.2 Å². The van der Waals surface area contributed by atoms with Crippen LogP contribution in [-0.4, -0.2) is 0 Å². The second-order valence-electron chi connectivity index (χ2n) is 8.40. The van der Waals surface area contributed by atoms with Crippen molar-refractivity contribution in [3.63, 3.8) is 0 Å². The number of rotatable bonds is 4. The van der Waals surface area contributed by atoms with Crippen molar-refractivity contribution in [1.82, 2.24) is 0 Å². The number of benzene rings is 3. The maximum Gasteiger partial charge on any atom is 0.416 e. The molecule has 0 N–H and O–H groups in total. The third-order valence-electron chi connectivity index (χ3n) is 6.42. The van der Waals surface area contributed by atoms with E-state index in [2.05, 4.69) is 37.3 Å². The minimum absolute atomic E-state index is 0.611. The molecule has 0 saturated heterocycles. The average Bonchev–Trinajstić information content (AvgIpc) is 2.73. The van der Waals surface area contributed by atoms with E-state index in [0.29, 0.717) is 5.92 Å². The first-order valence-corrected chi connectivity index (χ1v) is 10.7. The molecule has 0 heterocycles. The summed E-state index contributed by atoms with van der Waals surface area (Å²) in [6.07, 6.45) is 3.57. The van der Waals surface area contributed by atoms with Crippen LogP contribution in [-0.2, 0) is 6.18 Å². The van der Waals surface area contributed by atoms with Gasteiger partial charge in [0.15, 0.2) is 0 Å². The Labute approximate surface area is 170 Å². The fourth-order valence-corrected chi connectivity index (χ4v) is 4.74. The van der Waals surface area contributed by atoms with Gasteiger partial charge in [-0.3, -0.25) is 0 Å². The summed E-state index contributed by atoms with van der Waals surface area (Å²) in [6.45, 7) is 2.27. The van der Waals surface area contributed by atoms with Gasteiger partial charge in [-0.15, -0.1) is 0 Å². The first-order valence-electron chi connectivity index (χ1n) is 10.7. The van der Waals surface area contributed by atoms with Gasteiger partial charge in [-0.05, 0) is 83.2 Å². The van der Waals surface area contributed by atoms with Gasteiger partial charge in [0.2, 0.25) is 0 Å². The highest BCUT2D eigenvalue weighted by Crippen LogP contribution is 2.38. The van der Waals surface area contributed by atoms with E-state index in [1.165, 1.54) is 49.5 Å². The van der Waals surface area contributed by atoms with Crippen LogP contribution in [0.25, 0.3) is 21.9 Å². The molecule has 0 atom stereocenters. The van der Waals surface area contributed by atoms with E-state index in [1.54, 1.807) is 12.1 Å². The van der Waals surface area contributed by atoms with E-state index >= 15 is 0 Å². The van der Waals surface area contributed by atoms with Crippen LogP contribution in [0.15, 0.2) is 60.7 Å². The molecule has 1 fully saturated rings. The second-order valence-corrected chi connectivity index (χ2v) is 8.40. The third kappa shape index (κ3) is 4.49. The van der Waals surface area contributed by atoms with Crippen molar-refractivity contribution >= 4 is 10.8 Å². The van der Waals surface area contributed by atoms with E-state index in [9.17, 15) is 13.2 Å². The zero-order valence-corrected chi connectivity index (χ0v) is 16.8. The molecule has 1 aliphatic carbocycles. The van der Waals surface area contributed by atoms with Crippen LogP contribution in [0, 0.1) is 5.92 Å². The lowest BCUT2D eigenvalue weighted by Gasteiger charge is -2.28. The molecule has 1 saturated carbocycles. The monoisotopic (exact) mass is 396 g/mol. The van der Waals surface area contributed by atoms with Gasteiger partial charge in [0.1, 0.15) is 0 Å². The smallest absolute Gasteiger partial charge is 0.166 e. The lowest BCUT2D eigenvalue weighted by atomic mass is 9.77. The first-order chi connectivity index (χ1) is 13.9. The maximum atomic E-state index is 12.8. The van der Waals surface area contributed by atoms with Crippen LogP contribution in [0.5, 0.6) is 0 Å². The van der Waals surface area contributed by atoms with Crippen LogP contribution in [0.3, 0.4) is 0 Å². The Morgan fingerprint density at radius 3 is 2.03 bits per heavy atom. The molecule has 0 nitrogen and oxygen atoms in total. The first kappa shape index (κ1) is 20.0. The van der Waals surface area contributed by atoms with Gasteiger partial charge in [0.25, 0.3) is 0 Å². The highest BCUT2D eigenvalue weighted by Gasteiger charge is 2.30. The molecule has 1 aliphatic rings. The Bertz CT molecular complexity index is 961. The van der Waals surface area contributed by atoms with E-state index in [1.807, 2.05) is 6.07 Å². The summed E-state index contributed by atoms with van der Waals surface area (Å²) in [5, 5.41) is 2.33. The molecular weight excluding hydrogens is 369 g/mol. The van der Waals surface area contributed by atoms with Crippen molar-refractivity contribution in [3.8, 4) is 11.1 Å². The van der Waals surface area contributed by atoms with E-state index in [0.717, 1.165) is 34.6 Å². The van der Waals surface area contributed by atoms with Gasteiger partial charge >= 0.3 is 6.18 Å². The van der Waals surface area contributed by atoms with E-state index < -0.39 is 11.7 Å². The molecule has 0 radical (unpaired) electrons. The van der Waals surface area contributed by atoms with Crippen LogP contribution in [0.2, 0.25) is 0 Å². The number of halogens is 3. The summed E-state index contributed by atoms with van der Waals surface area (Å²) in [5.74, 6) is 1.56. The summed E-state index contributed by atoms with van der Waals surface area (Å²) >= 11 is 0. The number of fused-ring (bicyclic) bond motifs is 1. The molecule has 0 spiro atoms. The fourth-order valence-electron chi connectivity index (χ4n) is 4.74. The minimum Gasteiger partial charge on any atom is -0.166 e. The number of hydrogen-bond donors (Lipinski definition) is 0. The van der Waals surface area contributed by atoms with Crippen molar-refractivity contribution in [3.05, 3.63) is 71.8 Å². The standard InChI is InChI=1S/C26H27F3/c1-2-3-18-4-6-19(7-5-18)21-8-10-24-17-22(9-11-23(24)16-21)20-12-14-25(15-13-20)26(27,28)29/h8-19H,2-7H2,1H3. The second kappa shape index (κ2) is 8.22. The number of alkyl halides is 3. The van der Waals surface area contributed by atoms with Crippen molar-refractivity contribution in [2.24, 2.45) is 5.92 Å². The molecule has 3 aromatic rings. The van der Waals surface area contributed by atoms with Gasteiger partial charge in [-0.2, -0.15) is 13.2 Å². The molecule has 0 unspecified atom stereocenters. The molecule has 152 valence electrons. The summed E-state index contributed by atoms with van der Waals surface area (Å²) in [5.41, 5.74) is 2.56. The third-order valence-corrected chi connectivity index (χ3v) is 6.42. The van der Waals surface area contributed by atoms with Gasteiger partial charge in [0.05, 0.1) is 5.56 Å². The van der Waals surface area contributed by atoms with Crippen LogP contribution in [0.4, 0.5) is 13.2 Å². The van der Waals surface area contributed by atoms with Crippen LogP contribution in [0.1, 0.15) is 62.5 Å². The van der Waals surface area contributed by atoms with Crippen molar-refractivity contribution in [2.75, 3.05) is 0 Å². The van der Waals surface area contributed by atoms with Gasteiger partial charge in [0, 0.05) is 0 Å². The zero-order chi connectivity index (χ0) is 20.4. The normalized spacial score (nSPS) is 20.1. The number of hydrogen-bond acceptors (Lipinski definition) is 0. The van der Waals surface area contributed by atoms with Crippen LogP contribution >= 0.6 is 0 Å².